The van der Waals surface area contributed by atoms with E-state index >= 15 is 0 Å². The van der Waals surface area contributed by atoms with Gasteiger partial charge in [0.05, 0.1) is 5.41 Å². The zero-order valence-corrected chi connectivity index (χ0v) is 19.4. The highest BCUT2D eigenvalue weighted by Crippen LogP contribution is 2.67. The van der Waals surface area contributed by atoms with Gasteiger partial charge in [-0.3, -0.25) is 4.57 Å². The van der Waals surface area contributed by atoms with E-state index in [1.54, 1.807) is 27.7 Å². The fraction of sp³-hybridized carbons (Fsp3) is 1.00. The van der Waals surface area contributed by atoms with Crippen LogP contribution in [0.3, 0.4) is 0 Å². The Morgan fingerprint density at radius 1 is 1.00 bits per heavy atom. The minimum absolute atomic E-state index is 0.0559. The summed E-state index contributed by atoms with van der Waals surface area (Å²) in [7, 11) is -5.54. The van der Waals surface area contributed by atoms with E-state index < -0.39 is 30.5 Å². The summed E-state index contributed by atoms with van der Waals surface area (Å²) in [4.78, 5) is 18.7. The molecule has 1 aliphatic heterocycles. The summed E-state index contributed by atoms with van der Waals surface area (Å²) in [6.07, 6.45) is 8.50. The van der Waals surface area contributed by atoms with Gasteiger partial charge in [0.2, 0.25) is 0 Å². The van der Waals surface area contributed by atoms with Crippen LogP contribution in [0.1, 0.15) is 91.9 Å². The van der Waals surface area contributed by atoms with Crippen LogP contribution in [0.2, 0.25) is 0 Å². The highest BCUT2D eigenvalue weighted by molar-refractivity contribution is 7.53. The van der Waals surface area contributed by atoms with Gasteiger partial charge in [-0.2, -0.15) is 8.78 Å². The standard InChI is InChI=1S/C21H41F2O5P/c1-17(2)20(18(3)4,21(22,23)29(24,25)26)14-10-7-5-6-8-11-15-27-19-13-9-12-16-28-19/h17-19H,5-16H2,1-4H3,(H2,24,25,26). The molecule has 0 saturated carbocycles. The van der Waals surface area contributed by atoms with Crippen molar-refractivity contribution in [2.75, 3.05) is 13.2 Å². The molecule has 1 heterocycles. The lowest BCUT2D eigenvalue weighted by atomic mass is 9.66. The zero-order valence-electron chi connectivity index (χ0n) is 18.5. The SMILES string of the molecule is CC(C)C(CCCCCCCCOC1CCCCO1)(C(C)C)C(F)(F)P(=O)(O)O. The normalized spacial score (nSPS) is 19.3. The summed E-state index contributed by atoms with van der Waals surface area (Å²) in [5.41, 5.74) is -5.74. The third-order valence-corrected chi connectivity index (χ3v) is 7.56. The van der Waals surface area contributed by atoms with Crippen LogP contribution in [-0.2, 0) is 14.0 Å². The van der Waals surface area contributed by atoms with Crippen molar-refractivity contribution in [3.8, 4) is 0 Å². The number of unbranched alkanes of at least 4 members (excludes halogenated alkanes) is 5. The first-order valence-electron chi connectivity index (χ1n) is 11.1. The largest absolute Gasteiger partial charge is 0.395 e. The van der Waals surface area contributed by atoms with E-state index in [4.69, 9.17) is 9.47 Å². The first-order chi connectivity index (χ1) is 13.5. The van der Waals surface area contributed by atoms with Gasteiger partial charge in [-0.15, -0.1) is 0 Å². The maximum Gasteiger partial charge on any atom is 0.395 e. The first kappa shape index (κ1) is 27.0. The molecule has 0 aliphatic carbocycles. The Balaban J connectivity index is 2.37. The van der Waals surface area contributed by atoms with Crippen LogP contribution in [0.4, 0.5) is 8.78 Å². The van der Waals surface area contributed by atoms with Crippen LogP contribution in [-0.4, -0.2) is 35.0 Å². The number of hydrogen-bond acceptors (Lipinski definition) is 3. The van der Waals surface area contributed by atoms with Crippen molar-refractivity contribution in [3.63, 3.8) is 0 Å². The summed E-state index contributed by atoms with van der Waals surface area (Å²) in [6, 6.07) is 0. The Hall–Kier alpha value is -0.0700. The molecule has 0 bridgehead atoms. The van der Waals surface area contributed by atoms with Gasteiger partial charge in [0.25, 0.3) is 0 Å². The third kappa shape index (κ3) is 7.24. The Bertz CT molecular complexity index is 493. The van der Waals surface area contributed by atoms with E-state index in [1.165, 1.54) is 0 Å². The molecule has 1 unspecified atom stereocenters. The average Bonchev–Trinajstić information content (AvgIpc) is 2.62. The second-order valence-corrected chi connectivity index (χ2v) is 10.6. The van der Waals surface area contributed by atoms with E-state index in [1.807, 2.05) is 0 Å². The number of halogens is 2. The fourth-order valence-corrected chi connectivity index (χ4v) is 5.81. The monoisotopic (exact) mass is 442 g/mol. The van der Waals surface area contributed by atoms with Gasteiger partial charge >= 0.3 is 13.3 Å². The molecule has 1 atom stereocenters. The number of rotatable bonds is 14. The van der Waals surface area contributed by atoms with Crippen molar-refractivity contribution in [2.24, 2.45) is 17.3 Å². The zero-order chi connectivity index (χ0) is 22.1. The molecule has 0 radical (unpaired) electrons. The van der Waals surface area contributed by atoms with Gasteiger partial charge in [0.1, 0.15) is 0 Å². The van der Waals surface area contributed by atoms with Gasteiger partial charge in [-0.05, 0) is 43.9 Å². The summed E-state index contributed by atoms with van der Waals surface area (Å²) in [5, 5.41) is 0. The van der Waals surface area contributed by atoms with Crippen molar-refractivity contribution in [1.82, 2.24) is 0 Å². The van der Waals surface area contributed by atoms with Gasteiger partial charge < -0.3 is 19.3 Å². The molecule has 174 valence electrons. The topological polar surface area (TPSA) is 76.0 Å². The Labute approximate surface area is 175 Å². The van der Waals surface area contributed by atoms with Gasteiger partial charge in [-0.1, -0.05) is 59.8 Å². The van der Waals surface area contributed by atoms with Gasteiger partial charge in [0.15, 0.2) is 6.29 Å². The maximum absolute atomic E-state index is 14.8. The quantitative estimate of drug-likeness (QED) is 0.243. The van der Waals surface area contributed by atoms with Crippen molar-refractivity contribution in [2.45, 2.75) is 104 Å². The molecule has 0 aromatic carbocycles. The second kappa shape index (κ2) is 12.1. The summed E-state index contributed by atoms with van der Waals surface area (Å²) >= 11 is 0. The van der Waals surface area contributed by atoms with Crippen LogP contribution >= 0.6 is 7.60 Å². The van der Waals surface area contributed by atoms with Crippen LogP contribution < -0.4 is 0 Å². The Kier molecular flexibility index (Phi) is 11.2. The molecule has 1 fully saturated rings. The highest BCUT2D eigenvalue weighted by atomic mass is 31.2. The molecular formula is C21H41F2O5P. The van der Waals surface area contributed by atoms with Gasteiger partial charge in [-0.25, -0.2) is 0 Å². The van der Waals surface area contributed by atoms with Crippen molar-refractivity contribution < 1.29 is 32.6 Å². The minimum atomic E-state index is -5.54. The molecule has 1 saturated heterocycles. The highest BCUT2D eigenvalue weighted by Gasteiger charge is 2.66. The molecule has 8 heteroatoms. The van der Waals surface area contributed by atoms with E-state index in [0.717, 1.165) is 58.0 Å². The molecule has 0 aromatic heterocycles. The van der Waals surface area contributed by atoms with Crippen LogP contribution in [0.25, 0.3) is 0 Å². The predicted molar refractivity (Wildman–Crippen MR) is 111 cm³/mol. The van der Waals surface area contributed by atoms with Crippen LogP contribution in [0, 0.1) is 17.3 Å². The van der Waals surface area contributed by atoms with Gasteiger partial charge in [0, 0.05) is 13.2 Å². The van der Waals surface area contributed by atoms with E-state index in [2.05, 4.69) is 0 Å². The molecule has 1 aliphatic rings. The lowest BCUT2D eigenvalue weighted by molar-refractivity contribution is -0.162. The number of alkyl halides is 2. The molecule has 0 spiro atoms. The summed E-state index contributed by atoms with van der Waals surface area (Å²) in [6.45, 7) is 8.02. The lowest BCUT2D eigenvalue weighted by Crippen LogP contribution is -2.49. The van der Waals surface area contributed by atoms with Crippen LogP contribution in [0.15, 0.2) is 0 Å². The molecule has 5 nitrogen and oxygen atoms in total. The van der Waals surface area contributed by atoms with Crippen molar-refractivity contribution in [1.29, 1.82) is 0 Å². The van der Waals surface area contributed by atoms with Crippen LogP contribution in [0.5, 0.6) is 0 Å². The van der Waals surface area contributed by atoms with E-state index in [0.29, 0.717) is 13.0 Å². The molecule has 2 N–H and O–H groups in total. The molecular weight excluding hydrogens is 401 g/mol. The summed E-state index contributed by atoms with van der Waals surface area (Å²) < 4.78 is 52.5. The summed E-state index contributed by atoms with van der Waals surface area (Å²) in [5.74, 6) is -1.08. The minimum Gasteiger partial charge on any atom is -0.353 e. The van der Waals surface area contributed by atoms with Crippen molar-refractivity contribution >= 4 is 7.60 Å². The van der Waals surface area contributed by atoms with E-state index in [9.17, 15) is 23.1 Å². The second-order valence-electron chi connectivity index (χ2n) is 8.97. The fourth-order valence-electron chi connectivity index (χ4n) is 4.64. The Morgan fingerprint density at radius 2 is 1.55 bits per heavy atom. The first-order valence-corrected chi connectivity index (χ1v) is 12.7. The smallest absolute Gasteiger partial charge is 0.353 e. The van der Waals surface area contributed by atoms with Crippen molar-refractivity contribution in [3.05, 3.63) is 0 Å². The molecule has 0 aromatic rings. The molecule has 0 amide bonds. The maximum atomic E-state index is 14.8. The third-order valence-electron chi connectivity index (χ3n) is 6.41. The predicted octanol–water partition coefficient (Wildman–Crippen LogP) is 6.33. The Morgan fingerprint density at radius 3 is 2.03 bits per heavy atom. The van der Waals surface area contributed by atoms with E-state index in [-0.39, 0.29) is 12.7 Å². The number of hydrogen-bond donors (Lipinski definition) is 2. The molecule has 1 rings (SSSR count). The average molecular weight is 443 g/mol. The molecule has 29 heavy (non-hydrogen) atoms. The number of ether oxygens (including phenoxy) is 2. The lowest BCUT2D eigenvalue weighted by Gasteiger charge is -2.47.